The molecule has 0 unspecified atom stereocenters. The van der Waals surface area contributed by atoms with E-state index in [9.17, 15) is 0 Å². The van der Waals surface area contributed by atoms with Gasteiger partial charge < -0.3 is 29.4 Å². The molecule has 0 aliphatic carbocycles. The third-order valence-electron chi connectivity index (χ3n) is 4.33. The van der Waals surface area contributed by atoms with E-state index in [0.29, 0.717) is 13.2 Å². The highest BCUT2D eigenvalue weighted by atomic mass is 127. The summed E-state index contributed by atoms with van der Waals surface area (Å²) in [4.78, 5) is 6.86. The lowest BCUT2D eigenvalue weighted by Gasteiger charge is -2.16. The Morgan fingerprint density at radius 2 is 1.97 bits per heavy atom. The largest absolute Gasteiger partial charge is 0.492 e. The third-order valence-corrected chi connectivity index (χ3v) is 4.33. The molecule has 30 heavy (non-hydrogen) atoms. The van der Waals surface area contributed by atoms with Gasteiger partial charge in [0.05, 0.1) is 19.4 Å². The minimum Gasteiger partial charge on any atom is -0.492 e. The van der Waals surface area contributed by atoms with E-state index in [-0.39, 0.29) is 24.0 Å². The number of hydrogen-bond donors (Lipinski definition) is 2. The highest BCUT2D eigenvalue weighted by Crippen LogP contribution is 2.14. The number of likely N-dealkylation sites (N-methyl/N-ethyl adjacent to an activating group) is 1. The van der Waals surface area contributed by atoms with Crippen molar-refractivity contribution < 1.29 is 13.9 Å². The summed E-state index contributed by atoms with van der Waals surface area (Å²) in [6.45, 7) is 7.34. The van der Waals surface area contributed by atoms with Crippen molar-refractivity contribution in [1.82, 2.24) is 15.5 Å². The SMILES string of the molecule is CCNC(=NCc1cccc(OCCN(C)CCOC)c1)NCCc1ccco1.I. The Morgan fingerprint density at radius 3 is 2.70 bits per heavy atom. The van der Waals surface area contributed by atoms with E-state index in [2.05, 4.69) is 40.6 Å². The molecule has 0 aliphatic rings. The van der Waals surface area contributed by atoms with E-state index < -0.39 is 0 Å². The standard InChI is InChI=1S/C22H34N4O3.HI/c1-4-23-22(24-11-10-20-9-6-14-28-20)25-18-19-7-5-8-21(17-19)29-16-13-26(2)12-15-27-3;/h5-9,14,17H,4,10-13,15-16,18H2,1-3H3,(H2,23,24,25);1H. The van der Waals surface area contributed by atoms with E-state index in [1.165, 1.54) is 0 Å². The van der Waals surface area contributed by atoms with Crippen LogP contribution in [0.25, 0.3) is 0 Å². The fraction of sp³-hybridized carbons (Fsp3) is 0.500. The molecule has 8 heteroatoms. The number of nitrogens with one attached hydrogen (secondary N) is 2. The smallest absolute Gasteiger partial charge is 0.191 e. The van der Waals surface area contributed by atoms with Crippen LogP contribution in [-0.2, 0) is 17.7 Å². The van der Waals surface area contributed by atoms with Gasteiger partial charge in [0, 0.05) is 39.7 Å². The van der Waals surface area contributed by atoms with Crippen LogP contribution in [-0.4, -0.2) is 64.4 Å². The highest BCUT2D eigenvalue weighted by Gasteiger charge is 2.02. The van der Waals surface area contributed by atoms with Gasteiger partial charge in [0.25, 0.3) is 0 Å². The summed E-state index contributed by atoms with van der Waals surface area (Å²) >= 11 is 0. The van der Waals surface area contributed by atoms with Gasteiger partial charge in [-0.2, -0.15) is 0 Å². The zero-order chi connectivity index (χ0) is 20.7. The molecule has 0 bridgehead atoms. The quantitative estimate of drug-likeness (QED) is 0.236. The van der Waals surface area contributed by atoms with Crippen molar-refractivity contribution in [3.05, 3.63) is 54.0 Å². The van der Waals surface area contributed by atoms with Gasteiger partial charge in [-0.05, 0) is 43.8 Å². The molecule has 0 saturated carbocycles. The minimum atomic E-state index is 0. The number of furan rings is 1. The molecule has 1 heterocycles. The molecule has 2 aromatic rings. The number of aliphatic imine (C=N–C) groups is 1. The second-order valence-corrected chi connectivity index (χ2v) is 6.74. The monoisotopic (exact) mass is 530 g/mol. The average Bonchev–Trinajstić information content (AvgIpc) is 3.24. The fourth-order valence-electron chi connectivity index (χ4n) is 2.68. The number of rotatable bonds is 13. The first-order valence-electron chi connectivity index (χ1n) is 10.1. The molecule has 0 saturated heterocycles. The van der Waals surface area contributed by atoms with Gasteiger partial charge in [0.1, 0.15) is 18.1 Å². The van der Waals surface area contributed by atoms with Gasteiger partial charge in [0.15, 0.2) is 5.96 Å². The van der Waals surface area contributed by atoms with Crippen LogP contribution in [0.5, 0.6) is 5.75 Å². The predicted octanol–water partition coefficient (Wildman–Crippen LogP) is 3.15. The average molecular weight is 530 g/mol. The third kappa shape index (κ3) is 10.8. The predicted molar refractivity (Wildman–Crippen MR) is 132 cm³/mol. The van der Waals surface area contributed by atoms with E-state index in [4.69, 9.17) is 13.9 Å². The van der Waals surface area contributed by atoms with Crippen molar-refractivity contribution in [2.24, 2.45) is 4.99 Å². The van der Waals surface area contributed by atoms with E-state index in [0.717, 1.165) is 62.2 Å². The molecule has 0 radical (unpaired) electrons. The topological polar surface area (TPSA) is 71.3 Å². The lowest BCUT2D eigenvalue weighted by atomic mass is 10.2. The molecule has 0 aliphatic heterocycles. The fourth-order valence-corrected chi connectivity index (χ4v) is 2.68. The Kier molecular flexibility index (Phi) is 14.0. The summed E-state index contributed by atoms with van der Waals surface area (Å²) in [5.41, 5.74) is 1.11. The van der Waals surface area contributed by atoms with Gasteiger partial charge in [0.2, 0.25) is 0 Å². The van der Waals surface area contributed by atoms with Gasteiger partial charge in [-0.25, -0.2) is 4.99 Å². The van der Waals surface area contributed by atoms with Crippen LogP contribution in [0.3, 0.4) is 0 Å². The molecule has 2 rings (SSSR count). The van der Waals surface area contributed by atoms with Crippen LogP contribution in [0.15, 0.2) is 52.1 Å². The van der Waals surface area contributed by atoms with Crippen LogP contribution in [0, 0.1) is 0 Å². The van der Waals surface area contributed by atoms with Crippen LogP contribution >= 0.6 is 24.0 Å². The highest BCUT2D eigenvalue weighted by molar-refractivity contribution is 14.0. The van der Waals surface area contributed by atoms with E-state index in [1.54, 1.807) is 13.4 Å². The molecule has 2 N–H and O–H groups in total. The van der Waals surface area contributed by atoms with Crippen molar-refractivity contribution in [3.8, 4) is 5.75 Å². The van der Waals surface area contributed by atoms with Crippen molar-refractivity contribution in [2.75, 3.05) is 53.6 Å². The van der Waals surface area contributed by atoms with Crippen molar-refractivity contribution in [1.29, 1.82) is 0 Å². The maximum atomic E-state index is 5.89. The van der Waals surface area contributed by atoms with Crippen molar-refractivity contribution in [2.45, 2.75) is 19.9 Å². The van der Waals surface area contributed by atoms with Crippen LogP contribution < -0.4 is 15.4 Å². The number of hydrogen-bond acceptors (Lipinski definition) is 5. The van der Waals surface area contributed by atoms with Gasteiger partial charge in [-0.1, -0.05) is 12.1 Å². The molecule has 0 spiro atoms. The first-order valence-corrected chi connectivity index (χ1v) is 10.1. The molecule has 0 fully saturated rings. The zero-order valence-electron chi connectivity index (χ0n) is 18.2. The molecule has 1 aromatic heterocycles. The maximum Gasteiger partial charge on any atom is 0.191 e. The Labute approximate surface area is 197 Å². The number of nitrogens with zero attached hydrogens (tertiary/aromatic N) is 2. The number of guanidine groups is 1. The summed E-state index contributed by atoms with van der Waals surface area (Å²) in [6.07, 6.45) is 2.51. The summed E-state index contributed by atoms with van der Waals surface area (Å²) in [6, 6.07) is 12.0. The van der Waals surface area contributed by atoms with Crippen molar-refractivity contribution >= 4 is 29.9 Å². The molecule has 168 valence electrons. The summed E-state index contributed by atoms with van der Waals surface area (Å²) < 4.78 is 16.3. The van der Waals surface area contributed by atoms with Crippen LogP contribution in [0.1, 0.15) is 18.2 Å². The second kappa shape index (κ2) is 16.0. The number of methoxy groups -OCH3 is 1. The normalized spacial score (nSPS) is 11.3. The van der Waals surface area contributed by atoms with Crippen LogP contribution in [0.4, 0.5) is 0 Å². The van der Waals surface area contributed by atoms with Crippen LogP contribution in [0.2, 0.25) is 0 Å². The Bertz CT molecular complexity index is 710. The number of benzene rings is 1. The summed E-state index contributed by atoms with van der Waals surface area (Å²) in [7, 11) is 3.78. The first kappa shape index (κ1) is 26.3. The van der Waals surface area contributed by atoms with Crippen molar-refractivity contribution in [3.63, 3.8) is 0 Å². The minimum absolute atomic E-state index is 0. The van der Waals surface area contributed by atoms with E-state index >= 15 is 0 Å². The first-order chi connectivity index (χ1) is 14.2. The lowest BCUT2D eigenvalue weighted by molar-refractivity contribution is 0.150. The Hall–Kier alpha value is -1.78. The maximum absolute atomic E-state index is 5.89. The summed E-state index contributed by atoms with van der Waals surface area (Å²) in [5.74, 6) is 2.63. The molecule has 7 nitrogen and oxygen atoms in total. The molecular weight excluding hydrogens is 495 g/mol. The number of ether oxygens (including phenoxy) is 2. The number of halogens is 1. The Balaban J connectivity index is 0.00000450. The van der Waals surface area contributed by atoms with E-state index in [1.807, 2.05) is 30.3 Å². The molecule has 0 amide bonds. The molecule has 1 aromatic carbocycles. The van der Waals surface area contributed by atoms with Gasteiger partial charge in [-0.3, -0.25) is 0 Å². The van der Waals surface area contributed by atoms with Gasteiger partial charge in [-0.15, -0.1) is 24.0 Å². The zero-order valence-corrected chi connectivity index (χ0v) is 20.6. The molecular formula is C22H35IN4O3. The Morgan fingerprint density at radius 1 is 1.13 bits per heavy atom. The van der Waals surface area contributed by atoms with Gasteiger partial charge >= 0.3 is 0 Å². The second-order valence-electron chi connectivity index (χ2n) is 6.74. The lowest BCUT2D eigenvalue weighted by Crippen LogP contribution is -2.38. The molecule has 0 atom stereocenters. The summed E-state index contributed by atoms with van der Waals surface area (Å²) in [5, 5.41) is 6.61.